The third-order valence-electron chi connectivity index (χ3n) is 9.50. The van der Waals surface area contributed by atoms with Gasteiger partial charge in [0.05, 0.1) is 23.1 Å². The Balaban J connectivity index is 1.65. The zero-order valence-electron chi connectivity index (χ0n) is 30.6. The smallest absolute Gasteiger partial charge is 0.253 e. The predicted octanol–water partition coefficient (Wildman–Crippen LogP) is 6.79. The molecule has 4 rings (SSSR count). The fourth-order valence-corrected chi connectivity index (χ4v) is 9.14. The van der Waals surface area contributed by atoms with Crippen molar-refractivity contribution < 1.29 is 31.9 Å². The number of carbonyl (C=O) groups excluding carboxylic acids is 2. The van der Waals surface area contributed by atoms with Gasteiger partial charge in [0.2, 0.25) is 0 Å². The summed E-state index contributed by atoms with van der Waals surface area (Å²) in [6, 6.07) is 12.2. The van der Waals surface area contributed by atoms with Crippen molar-refractivity contribution in [3.63, 3.8) is 0 Å². The van der Waals surface area contributed by atoms with E-state index >= 15 is 0 Å². The number of sulfone groups is 1. The topological polar surface area (TPSA) is 116 Å². The van der Waals surface area contributed by atoms with Gasteiger partial charge in [-0.15, -0.1) is 0 Å². The molecule has 8 nitrogen and oxygen atoms in total. The van der Waals surface area contributed by atoms with Gasteiger partial charge in [0.15, 0.2) is 9.84 Å². The number of halogens is 2. The minimum absolute atomic E-state index is 0.0639. The number of fused-ring (bicyclic) bond motifs is 1. The van der Waals surface area contributed by atoms with Crippen LogP contribution < -0.4 is 10.6 Å². The average molecular weight is 726 g/mol. The highest BCUT2D eigenvalue weighted by atomic mass is 32.2. The fourth-order valence-electron chi connectivity index (χ4n) is 6.98. The molecular weight excluding hydrogens is 673 g/mol. The second kappa shape index (κ2) is 17.7. The zero-order valence-corrected chi connectivity index (χ0v) is 31.5. The van der Waals surface area contributed by atoms with Crippen LogP contribution in [0.1, 0.15) is 121 Å². The Morgan fingerprint density at radius 1 is 0.922 bits per heavy atom. The van der Waals surface area contributed by atoms with E-state index in [0.717, 1.165) is 42.2 Å². The van der Waals surface area contributed by atoms with Gasteiger partial charge in [-0.25, -0.2) is 17.2 Å². The molecule has 0 aromatic heterocycles. The molecule has 0 aliphatic carbocycles. The normalized spacial score (nSPS) is 17.8. The van der Waals surface area contributed by atoms with Gasteiger partial charge in [0, 0.05) is 42.9 Å². The van der Waals surface area contributed by atoms with Gasteiger partial charge in [0.25, 0.3) is 11.8 Å². The number of amides is 2. The van der Waals surface area contributed by atoms with Crippen LogP contribution >= 0.6 is 0 Å². The van der Waals surface area contributed by atoms with Gasteiger partial charge < -0.3 is 20.6 Å². The van der Waals surface area contributed by atoms with E-state index in [9.17, 15) is 31.9 Å². The highest BCUT2D eigenvalue weighted by molar-refractivity contribution is 7.91. The van der Waals surface area contributed by atoms with Crippen LogP contribution in [0, 0.1) is 18.6 Å². The van der Waals surface area contributed by atoms with Crippen LogP contribution in [0.4, 0.5) is 8.78 Å². The third kappa shape index (κ3) is 10.2. The number of aliphatic hydroxyl groups excluding tert-OH is 1. The first kappa shape index (κ1) is 40.1. The van der Waals surface area contributed by atoms with Crippen molar-refractivity contribution in [1.29, 1.82) is 0 Å². The zero-order chi connectivity index (χ0) is 37.5. The lowest BCUT2D eigenvalue weighted by Crippen LogP contribution is -2.51. The Labute approximate surface area is 302 Å². The van der Waals surface area contributed by atoms with Crippen molar-refractivity contribution in [1.82, 2.24) is 15.5 Å². The van der Waals surface area contributed by atoms with Crippen LogP contribution in [0.2, 0.25) is 0 Å². The molecule has 0 unspecified atom stereocenters. The molecule has 1 heterocycles. The SMILES string of the molecule is CCC[C@H]1[C@@H](NC[C@@H](O)[C@H](Cc2cc(F)cc(F)c2)NC(=O)c2cc(C)cc(C(=O)N(CCC)CCC)c2)c2cc(C(C)C)ccc2CS1(=O)=O. The molecule has 3 aromatic rings. The summed E-state index contributed by atoms with van der Waals surface area (Å²) in [6.45, 7) is 12.9. The van der Waals surface area contributed by atoms with Gasteiger partial charge in [-0.1, -0.05) is 59.2 Å². The summed E-state index contributed by atoms with van der Waals surface area (Å²) in [5.41, 5.74) is 4.14. The van der Waals surface area contributed by atoms with Crippen molar-refractivity contribution in [2.24, 2.45) is 0 Å². The summed E-state index contributed by atoms with van der Waals surface area (Å²) < 4.78 is 55.5. The number of hydrogen-bond acceptors (Lipinski definition) is 6. The first-order valence-electron chi connectivity index (χ1n) is 18.1. The summed E-state index contributed by atoms with van der Waals surface area (Å²) in [7, 11) is -3.52. The first-order valence-corrected chi connectivity index (χ1v) is 19.8. The molecule has 0 saturated heterocycles. The van der Waals surface area contributed by atoms with Crippen LogP contribution in [-0.4, -0.2) is 67.3 Å². The second-order valence-electron chi connectivity index (χ2n) is 14.1. The molecule has 0 bridgehead atoms. The minimum atomic E-state index is -3.52. The molecule has 4 atom stereocenters. The molecule has 0 fully saturated rings. The largest absolute Gasteiger partial charge is 0.390 e. The van der Waals surface area contributed by atoms with Crippen molar-refractivity contribution in [3.05, 3.63) is 105 Å². The lowest BCUT2D eigenvalue weighted by Gasteiger charge is -2.36. The van der Waals surface area contributed by atoms with Gasteiger partial charge in [-0.2, -0.15) is 0 Å². The number of aryl methyl sites for hydroxylation is 1. The van der Waals surface area contributed by atoms with Crippen LogP contribution in [0.3, 0.4) is 0 Å². The number of benzene rings is 3. The Hall–Kier alpha value is -3.67. The quantitative estimate of drug-likeness (QED) is 0.150. The maximum absolute atomic E-state index is 14.3. The molecule has 3 N–H and O–H groups in total. The second-order valence-corrected chi connectivity index (χ2v) is 16.4. The summed E-state index contributed by atoms with van der Waals surface area (Å²) in [5, 5.41) is 17.1. The number of rotatable bonds is 16. The van der Waals surface area contributed by atoms with Gasteiger partial charge in [-0.3, -0.25) is 9.59 Å². The monoisotopic (exact) mass is 725 g/mol. The Bertz CT molecular complexity index is 1770. The molecular formula is C40H53F2N3O5S. The molecule has 11 heteroatoms. The van der Waals surface area contributed by atoms with E-state index in [-0.39, 0.29) is 41.7 Å². The fraction of sp³-hybridized carbons (Fsp3) is 0.500. The van der Waals surface area contributed by atoms with E-state index in [1.54, 1.807) is 24.0 Å². The number of carbonyl (C=O) groups is 2. The van der Waals surface area contributed by atoms with Crippen LogP contribution in [0.25, 0.3) is 0 Å². The van der Waals surface area contributed by atoms with Crippen molar-refractivity contribution in [2.45, 2.75) is 109 Å². The Morgan fingerprint density at radius 3 is 2.18 bits per heavy atom. The van der Waals surface area contributed by atoms with E-state index in [1.165, 1.54) is 6.07 Å². The van der Waals surface area contributed by atoms with E-state index in [4.69, 9.17) is 0 Å². The minimum Gasteiger partial charge on any atom is -0.390 e. The maximum Gasteiger partial charge on any atom is 0.253 e. The number of aliphatic hydroxyl groups is 1. The molecule has 278 valence electrons. The highest BCUT2D eigenvalue weighted by Crippen LogP contribution is 2.37. The molecule has 2 amide bonds. The summed E-state index contributed by atoms with van der Waals surface area (Å²) in [4.78, 5) is 29.0. The van der Waals surface area contributed by atoms with Gasteiger partial charge >= 0.3 is 0 Å². The molecule has 0 saturated carbocycles. The Kier molecular flexibility index (Phi) is 13.9. The Morgan fingerprint density at radius 2 is 1.57 bits per heavy atom. The molecule has 0 spiro atoms. The van der Waals surface area contributed by atoms with E-state index in [2.05, 4.69) is 24.5 Å². The lowest BCUT2D eigenvalue weighted by atomic mass is 9.90. The number of nitrogens with one attached hydrogen (secondary N) is 2. The number of nitrogens with zero attached hydrogens (tertiary/aromatic N) is 1. The highest BCUT2D eigenvalue weighted by Gasteiger charge is 2.40. The van der Waals surface area contributed by atoms with Gasteiger partial charge in [0.1, 0.15) is 11.6 Å². The third-order valence-corrected chi connectivity index (χ3v) is 11.6. The molecule has 0 radical (unpaired) electrons. The molecule has 3 aromatic carbocycles. The maximum atomic E-state index is 14.3. The molecule has 1 aliphatic rings. The summed E-state index contributed by atoms with van der Waals surface area (Å²) in [6.07, 6.45) is 1.23. The summed E-state index contributed by atoms with van der Waals surface area (Å²) >= 11 is 0. The predicted molar refractivity (Wildman–Crippen MR) is 198 cm³/mol. The van der Waals surface area contributed by atoms with Crippen molar-refractivity contribution in [2.75, 3.05) is 19.6 Å². The standard InChI is InChI=1S/C40H53F2N3O5S/c1-7-10-37-38(34-21-28(25(4)5)11-12-29(34)24-51(37,49)50)43-23-36(46)35(19-27-17-32(41)22-33(42)18-27)44-39(47)30-15-26(6)16-31(20-30)40(48)45(13-8-2)14-9-3/h11-12,15-18,20-22,25,35-38,43,46H,7-10,13-14,19,23-24H2,1-6H3,(H,44,47)/t35-,36+,37-,38-/m0/s1. The van der Waals surface area contributed by atoms with E-state index in [1.807, 2.05) is 39.0 Å². The first-order chi connectivity index (χ1) is 24.2. The van der Waals surface area contributed by atoms with Gasteiger partial charge in [-0.05, 0) is 96.7 Å². The van der Waals surface area contributed by atoms with Crippen molar-refractivity contribution >= 4 is 21.7 Å². The van der Waals surface area contributed by atoms with Crippen molar-refractivity contribution in [3.8, 4) is 0 Å². The van der Waals surface area contributed by atoms with E-state index < -0.39 is 50.8 Å². The number of hydrogen-bond donors (Lipinski definition) is 3. The average Bonchev–Trinajstić information content (AvgIpc) is 3.06. The summed E-state index contributed by atoms with van der Waals surface area (Å²) in [5.74, 6) is -2.18. The van der Waals surface area contributed by atoms with E-state index in [0.29, 0.717) is 42.6 Å². The lowest BCUT2D eigenvalue weighted by molar-refractivity contribution is 0.0755. The van der Waals surface area contributed by atoms with Crippen LogP contribution in [0.5, 0.6) is 0 Å². The van der Waals surface area contributed by atoms with Crippen LogP contribution in [-0.2, 0) is 22.0 Å². The molecule has 1 aliphatic heterocycles. The van der Waals surface area contributed by atoms with Crippen LogP contribution in [0.15, 0.2) is 54.6 Å². The molecule has 51 heavy (non-hydrogen) atoms.